The van der Waals surface area contributed by atoms with Gasteiger partial charge in [-0.1, -0.05) is 5.21 Å². The molecule has 0 amide bonds. The molecular weight excluding hydrogens is 226 g/mol. The summed E-state index contributed by atoms with van der Waals surface area (Å²) in [5, 5.41) is 8.29. The third-order valence-corrected chi connectivity index (χ3v) is 3.21. The van der Waals surface area contributed by atoms with Gasteiger partial charge in [-0.3, -0.25) is 4.68 Å². The predicted octanol–water partition coefficient (Wildman–Crippen LogP) is 1.88. The molecule has 1 aliphatic rings. The second-order valence-corrected chi connectivity index (χ2v) is 4.66. The van der Waals surface area contributed by atoms with Crippen molar-refractivity contribution in [3.63, 3.8) is 0 Å². The van der Waals surface area contributed by atoms with Gasteiger partial charge in [-0.25, -0.2) is 0 Å². The number of hydrogen-bond acceptors (Lipinski definition) is 3. The van der Waals surface area contributed by atoms with E-state index in [9.17, 15) is 0 Å². The molecule has 1 saturated heterocycles. The van der Waals surface area contributed by atoms with E-state index in [4.69, 9.17) is 16.3 Å². The lowest BCUT2D eigenvalue weighted by Gasteiger charge is -2.21. The molecule has 0 atom stereocenters. The minimum Gasteiger partial charge on any atom is -0.381 e. The summed E-state index contributed by atoms with van der Waals surface area (Å²) in [6, 6.07) is 0. The Morgan fingerprint density at radius 1 is 1.44 bits per heavy atom. The number of halogens is 1. The van der Waals surface area contributed by atoms with Gasteiger partial charge in [0, 0.05) is 31.8 Å². The molecule has 0 radical (unpaired) electrons. The second-order valence-electron chi connectivity index (χ2n) is 4.28. The monoisotopic (exact) mass is 243 g/mol. The third kappa shape index (κ3) is 3.46. The number of alkyl halides is 1. The molecule has 1 aromatic heterocycles. The maximum absolute atomic E-state index is 5.64. The van der Waals surface area contributed by atoms with Gasteiger partial charge in [0.1, 0.15) is 0 Å². The quantitative estimate of drug-likeness (QED) is 0.742. The van der Waals surface area contributed by atoms with Crippen LogP contribution in [-0.4, -0.2) is 34.1 Å². The number of hydrogen-bond donors (Lipinski definition) is 0. The average molecular weight is 244 g/mol. The molecule has 16 heavy (non-hydrogen) atoms. The Labute approximate surface area is 101 Å². The molecule has 0 unspecified atom stereocenters. The fraction of sp³-hybridized carbons (Fsp3) is 0.818. The third-order valence-electron chi connectivity index (χ3n) is 2.94. The number of nitrogens with zero attached hydrogens (tertiary/aromatic N) is 3. The zero-order valence-corrected chi connectivity index (χ0v) is 10.2. The van der Waals surface area contributed by atoms with Crippen LogP contribution in [0, 0.1) is 5.92 Å². The van der Waals surface area contributed by atoms with Crippen LogP contribution in [0.25, 0.3) is 0 Å². The van der Waals surface area contributed by atoms with Gasteiger partial charge in [0.15, 0.2) is 0 Å². The lowest BCUT2D eigenvalue weighted by molar-refractivity contribution is 0.0600. The molecular formula is C11H18ClN3O. The zero-order valence-electron chi connectivity index (χ0n) is 9.44. The Bertz CT molecular complexity index is 310. The van der Waals surface area contributed by atoms with Crippen LogP contribution in [0.2, 0.25) is 0 Å². The molecule has 2 rings (SSSR count). The van der Waals surface area contributed by atoms with Gasteiger partial charge in [-0.15, -0.1) is 16.7 Å². The first-order valence-corrected chi connectivity index (χ1v) is 6.44. The minimum absolute atomic E-state index is 0.687. The van der Waals surface area contributed by atoms with Gasteiger partial charge in [0.25, 0.3) is 0 Å². The van der Waals surface area contributed by atoms with Gasteiger partial charge >= 0.3 is 0 Å². The van der Waals surface area contributed by atoms with Crippen LogP contribution in [0.3, 0.4) is 0 Å². The van der Waals surface area contributed by atoms with Crippen molar-refractivity contribution in [2.75, 3.05) is 19.1 Å². The molecule has 0 spiro atoms. The Morgan fingerprint density at radius 2 is 2.25 bits per heavy atom. The summed E-state index contributed by atoms with van der Waals surface area (Å²) < 4.78 is 7.29. The lowest BCUT2D eigenvalue weighted by atomic mass is 10.0. The van der Waals surface area contributed by atoms with E-state index >= 15 is 0 Å². The molecule has 0 aliphatic carbocycles. The molecule has 0 N–H and O–H groups in total. The van der Waals surface area contributed by atoms with E-state index in [0.717, 1.165) is 51.1 Å². The first-order chi connectivity index (χ1) is 7.88. The van der Waals surface area contributed by atoms with E-state index in [0.29, 0.717) is 11.8 Å². The SMILES string of the molecule is ClCCCc1cn(CC2CCOCC2)nn1. The maximum atomic E-state index is 5.64. The largest absolute Gasteiger partial charge is 0.381 e. The summed E-state index contributed by atoms with van der Waals surface area (Å²) in [5.41, 5.74) is 1.05. The molecule has 1 aliphatic heterocycles. The standard InChI is InChI=1S/C11H18ClN3O/c12-5-1-2-11-9-15(14-13-11)8-10-3-6-16-7-4-10/h9-10H,1-8H2. The molecule has 0 saturated carbocycles. The van der Waals surface area contributed by atoms with Gasteiger partial charge in [0.05, 0.1) is 5.69 Å². The van der Waals surface area contributed by atoms with E-state index in [1.54, 1.807) is 0 Å². The van der Waals surface area contributed by atoms with E-state index < -0.39 is 0 Å². The van der Waals surface area contributed by atoms with Crippen molar-refractivity contribution in [1.82, 2.24) is 15.0 Å². The second kappa shape index (κ2) is 6.21. The fourth-order valence-electron chi connectivity index (χ4n) is 1.98. The van der Waals surface area contributed by atoms with Crippen molar-refractivity contribution in [2.45, 2.75) is 32.2 Å². The van der Waals surface area contributed by atoms with Crippen molar-refractivity contribution >= 4 is 11.6 Å². The highest BCUT2D eigenvalue weighted by Crippen LogP contribution is 2.16. The normalized spacial score (nSPS) is 17.8. The van der Waals surface area contributed by atoms with Crippen molar-refractivity contribution in [3.8, 4) is 0 Å². The molecule has 1 aromatic rings. The van der Waals surface area contributed by atoms with Gasteiger partial charge in [-0.05, 0) is 31.6 Å². The summed E-state index contributed by atoms with van der Waals surface area (Å²) in [4.78, 5) is 0. The fourth-order valence-corrected chi connectivity index (χ4v) is 2.12. The summed E-state index contributed by atoms with van der Waals surface area (Å²) in [5.74, 6) is 1.38. The minimum atomic E-state index is 0.687. The number of rotatable bonds is 5. The summed E-state index contributed by atoms with van der Waals surface area (Å²) in [6.07, 6.45) is 6.21. The number of aromatic nitrogens is 3. The van der Waals surface area contributed by atoms with Crippen LogP contribution < -0.4 is 0 Å². The maximum Gasteiger partial charge on any atom is 0.0827 e. The van der Waals surface area contributed by atoms with E-state index in [2.05, 4.69) is 10.3 Å². The smallest absolute Gasteiger partial charge is 0.0827 e. The summed E-state index contributed by atoms with van der Waals surface area (Å²) in [7, 11) is 0. The molecule has 4 nitrogen and oxygen atoms in total. The Kier molecular flexibility index (Phi) is 4.60. The van der Waals surface area contributed by atoms with E-state index in [1.807, 2.05) is 10.9 Å². The molecule has 0 aromatic carbocycles. The van der Waals surface area contributed by atoms with Gasteiger partial charge in [-0.2, -0.15) is 0 Å². The Balaban J connectivity index is 1.81. The topological polar surface area (TPSA) is 39.9 Å². The van der Waals surface area contributed by atoms with Crippen LogP contribution in [0.1, 0.15) is 25.0 Å². The van der Waals surface area contributed by atoms with Crippen molar-refractivity contribution in [2.24, 2.45) is 5.92 Å². The first kappa shape index (κ1) is 11.9. The van der Waals surface area contributed by atoms with Crippen molar-refractivity contribution in [1.29, 1.82) is 0 Å². The van der Waals surface area contributed by atoms with E-state index in [1.165, 1.54) is 0 Å². The summed E-state index contributed by atoms with van der Waals surface area (Å²) in [6.45, 7) is 2.74. The molecule has 5 heteroatoms. The molecule has 2 heterocycles. The molecule has 0 bridgehead atoms. The van der Waals surface area contributed by atoms with Crippen LogP contribution >= 0.6 is 11.6 Å². The molecule has 1 fully saturated rings. The van der Waals surface area contributed by atoms with Crippen molar-refractivity contribution < 1.29 is 4.74 Å². The number of aryl methyl sites for hydroxylation is 1. The zero-order chi connectivity index (χ0) is 11.2. The highest BCUT2D eigenvalue weighted by Gasteiger charge is 2.14. The highest BCUT2D eigenvalue weighted by atomic mass is 35.5. The first-order valence-electron chi connectivity index (χ1n) is 5.91. The predicted molar refractivity (Wildman–Crippen MR) is 62.6 cm³/mol. The summed E-state index contributed by atoms with van der Waals surface area (Å²) >= 11 is 5.64. The van der Waals surface area contributed by atoms with Gasteiger partial charge in [0.2, 0.25) is 0 Å². The van der Waals surface area contributed by atoms with E-state index in [-0.39, 0.29) is 0 Å². The van der Waals surface area contributed by atoms with Crippen LogP contribution in [-0.2, 0) is 17.7 Å². The Morgan fingerprint density at radius 3 is 3.00 bits per heavy atom. The lowest BCUT2D eigenvalue weighted by Crippen LogP contribution is -2.20. The van der Waals surface area contributed by atoms with Gasteiger partial charge < -0.3 is 4.74 Å². The van der Waals surface area contributed by atoms with Crippen LogP contribution in [0.4, 0.5) is 0 Å². The van der Waals surface area contributed by atoms with Crippen LogP contribution in [0.5, 0.6) is 0 Å². The van der Waals surface area contributed by atoms with Crippen molar-refractivity contribution in [3.05, 3.63) is 11.9 Å². The molecule has 90 valence electrons. The number of ether oxygens (including phenoxy) is 1. The average Bonchev–Trinajstić information content (AvgIpc) is 2.75. The highest BCUT2D eigenvalue weighted by molar-refractivity contribution is 6.17. The van der Waals surface area contributed by atoms with Crippen LogP contribution in [0.15, 0.2) is 6.20 Å². The Hall–Kier alpha value is -0.610.